The quantitative estimate of drug-likeness (QED) is 0.538. The molecule has 0 aliphatic carbocycles. The van der Waals surface area contributed by atoms with Gasteiger partial charge in [-0.25, -0.2) is 9.00 Å². The fourth-order valence-electron chi connectivity index (χ4n) is 3.65. The average Bonchev–Trinajstić information content (AvgIpc) is 3.24. The highest BCUT2D eigenvalue weighted by Gasteiger charge is 2.26. The van der Waals surface area contributed by atoms with E-state index in [2.05, 4.69) is 11.0 Å². The van der Waals surface area contributed by atoms with Crippen LogP contribution in [0.3, 0.4) is 0 Å². The Labute approximate surface area is 193 Å². The normalized spacial score (nSPS) is 15.2. The van der Waals surface area contributed by atoms with Crippen LogP contribution in [0.4, 0.5) is 10.5 Å². The van der Waals surface area contributed by atoms with Crippen LogP contribution in [0.25, 0.3) is 10.9 Å². The van der Waals surface area contributed by atoms with Crippen molar-refractivity contribution in [2.45, 2.75) is 45.1 Å². The van der Waals surface area contributed by atoms with Crippen molar-refractivity contribution in [2.75, 3.05) is 31.1 Å². The molecule has 1 fully saturated rings. The zero-order chi connectivity index (χ0) is 23.3. The van der Waals surface area contributed by atoms with Gasteiger partial charge in [-0.3, -0.25) is 3.97 Å². The fraction of sp³-hybridized carbons (Fsp3) is 0.400. The van der Waals surface area contributed by atoms with Gasteiger partial charge in [-0.2, -0.15) is 0 Å². The number of carbonyl (C=O) groups excluding carboxylic acids is 1. The summed E-state index contributed by atoms with van der Waals surface area (Å²) in [7, 11) is -1.30. The molecule has 7 heteroatoms. The van der Waals surface area contributed by atoms with Gasteiger partial charge in [0.1, 0.15) is 5.60 Å². The highest BCUT2D eigenvalue weighted by atomic mass is 32.2. The Kier molecular flexibility index (Phi) is 7.61. The maximum atomic E-state index is 13.0. The van der Waals surface area contributed by atoms with E-state index in [1.807, 2.05) is 93.3 Å². The van der Waals surface area contributed by atoms with Gasteiger partial charge in [-0.05, 0) is 51.1 Å². The van der Waals surface area contributed by atoms with Crippen LogP contribution in [0.15, 0.2) is 65.7 Å². The molecule has 3 aromatic rings. The Morgan fingerprint density at radius 2 is 1.56 bits per heavy atom. The zero-order valence-electron chi connectivity index (χ0n) is 19.6. The predicted octanol–water partition coefficient (Wildman–Crippen LogP) is 5.30. The number of nitrogens with zero attached hydrogens (tertiary/aromatic N) is 3. The van der Waals surface area contributed by atoms with E-state index in [-0.39, 0.29) is 6.09 Å². The molecule has 1 amide bonds. The van der Waals surface area contributed by atoms with Gasteiger partial charge in [-0.1, -0.05) is 38.1 Å². The molecule has 1 saturated heterocycles. The summed E-state index contributed by atoms with van der Waals surface area (Å²) in [6, 6.07) is 17.6. The van der Waals surface area contributed by atoms with E-state index in [9.17, 15) is 9.00 Å². The first-order valence-corrected chi connectivity index (χ1v) is 12.2. The smallest absolute Gasteiger partial charge is 0.410 e. The molecule has 1 unspecified atom stereocenters. The van der Waals surface area contributed by atoms with Crippen molar-refractivity contribution < 1.29 is 13.7 Å². The summed E-state index contributed by atoms with van der Waals surface area (Å²) in [4.78, 5) is 17.1. The molecule has 32 heavy (non-hydrogen) atoms. The van der Waals surface area contributed by atoms with Crippen LogP contribution in [0.5, 0.6) is 0 Å². The Hall–Kier alpha value is -2.80. The minimum absolute atomic E-state index is 0.259. The minimum Gasteiger partial charge on any atom is -0.444 e. The lowest BCUT2D eigenvalue weighted by molar-refractivity contribution is 0.0240. The summed E-state index contributed by atoms with van der Waals surface area (Å²) in [5.74, 6) is 0. The average molecular weight is 456 g/mol. The van der Waals surface area contributed by atoms with Gasteiger partial charge < -0.3 is 14.5 Å². The molecule has 0 spiro atoms. The van der Waals surface area contributed by atoms with Crippen LogP contribution < -0.4 is 4.90 Å². The number of piperazine rings is 1. The van der Waals surface area contributed by atoms with Crippen LogP contribution >= 0.6 is 0 Å². The van der Waals surface area contributed by atoms with Crippen molar-refractivity contribution in [1.82, 2.24) is 8.87 Å². The number of aromatic nitrogens is 1. The maximum Gasteiger partial charge on any atom is 0.410 e. The van der Waals surface area contributed by atoms with Crippen molar-refractivity contribution in [3.8, 4) is 0 Å². The summed E-state index contributed by atoms with van der Waals surface area (Å²) in [6.07, 6.45) is 1.62. The highest BCUT2D eigenvalue weighted by molar-refractivity contribution is 7.83. The number of rotatable bonds is 3. The van der Waals surface area contributed by atoms with Gasteiger partial charge >= 0.3 is 6.09 Å². The zero-order valence-corrected chi connectivity index (χ0v) is 20.4. The first kappa shape index (κ1) is 23.9. The van der Waals surface area contributed by atoms with E-state index < -0.39 is 16.6 Å². The lowest BCUT2D eigenvalue weighted by Crippen LogP contribution is -2.50. The Balaban J connectivity index is 0.00000141. The summed E-state index contributed by atoms with van der Waals surface area (Å²) in [5.41, 5.74) is 1.54. The number of anilines is 1. The lowest BCUT2D eigenvalue weighted by Gasteiger charge is -2.37. The maximum absolute atomic E-state index is 13.0. The number of benzene rings is 2. The Morgan fingerprint density at radius 1 is 0.906 bits per heavy atom. The summed E-state index contributed by atoms with van der Waals surface area (Å²) in [6.45, 7) is 12.3. The number of fused-ring (bicyclic) bond motifs is 1. The van der Waals surface area contributed by atoms with Crippen LogP contribution in [0, 0.1) is 0 Å². The molecule has 0 radical (unpaired) electrons. The number of ether oxygens (including phenoxy) is 1. The first-order valence-electron chi connectivity index (χ1n) is 11.1. The minimum atomic E-state index is -1.30. The topological polar surface area (TPSA) is 54.8 Å². The van der Waals surface area contributed by atoms with E-state index in [1.165, 1.54) is 0 Å². The second-order valence-corrected chi connectivity index (χ2v) is 9.73. The van der Waals surface area contributed by atoms with Crippen molar-refractivity contribution in [3.63, 3.8) is 0 Å². The first-order chi connectivity index (χ1) is 15.3. The van der Waals surface area contributed by atoms with Crippen LogP contribution in [0.2, 0.25) is 0 Å². The molecule has 0 bridgehead atoms. The Bertz CT molecular complexity index is 1060. The molecule has 0 N–H and O–H groups in total. The SMILES string of the molecule is CC.CC(C)(C)OC(=O)N1CCN(c2cccc3c2ccn3S(=O)c2ccccc2)CC1. The van der Waals surface area contributed by atoms with Gasteiger partial charge in [0.25, 0.3) is 0 Å². The largest absolute Gasteiger partial charge is 0.444 e. The number of amides is 1. The van der Waals surface area contributed by atoms with E-state index in [1.54, 1.807) is 4.90 Å². The molecule has 1 aliphatic heterocycles. The molecule has 1 aromatic heterocycles. The molecule has 1 aliphatic rings. The van der Waals surface area contributed by atoms with Gasteiger partial charge in [0.05, 0.1) is 10.4 Å². The molecule has 172 valence electrons. The lowest BCUT2D eigenvalue weighted by atomic mass is 10.1. The van der Waals surface area contributed by atoms with Gasteiger partial charge in [-0.15, -0.1) is 0 Å². The summed E-state index contributed by atoms with van der Waals surface area (Å²) in [5, 5.41) is 1.06. The standard InChI is InChI=1S/C23H27N3O3S.C2H6/c1-23(2,3)29-22(27)25-16-14-24(15-17-25)20-10-7-11-21-19(20)12-13-26(21)30(28)18-8-5-4-6-9-18;1-2/h4-13H,14-17H2,1-3H3;1-2H3. The van der Waals surface area contributed by atoms with Crippen LogP contribution in [-0.4, -0.2) is 51.0 Å². The monoisotopic (exact) mass is 455 g/mol. The predicted molar refractivity (Wildman–Crippen MR) is 132 cm³/mol. The molecule has 4 rings (SSSR count). The summed E-state index contributed by atoms with van der Waals surface area (Å²) >= 11 is 0. The molecule has 6 nitrogen and oxygen atoms in total. The van der Waals surface area contributed by atoms with E-state index >= 15 is 0 Å². The molecule has 0 saturated carbocycles. The molecule has 2 heterocycles. The summed E-state index contributed by atoms with van der Waals surface area (Å²) < 4.78 is 20.3. The highest BCUT2D eigenvalue weighted by Crippen LogP contribution is 2.30. The molecule has 2 aromatic carbocycles. The van der Waals surface area contributed by atoms with Gasteiger partial charge in [0.2, 0.25) is 0 Å². The third-order valence-corrected chi connectivity index (χ3v) is 6.42. The van der Waals surface area contributed by atoms with Gasteiger partial charge in [0.15, 0.2) is 11.0 Å². The van der Waals surface area contributed by atoms with Gasteiger partial charge in [0, 0.05) is 43.4 Å². The molecule has 1 atom stereocenters. The third kappa shape index (κ3) is 5.33. The second-order valence-electron chi connectivity index (χ2n) is 8.37. The van der Waals surface area contributed by atoms with Crippen LogP contribution in [-0.2, 0) is 15.7 Å². The molecular weight excluding hydrogens is 422 g/mol. The number of hydrogen-bond donors (Lipinski definition) is 0. The van der Waals surface area contributed by atoms with E-state index in [0.717, 1.165) is 34.6 Å². The van der Waals surface area contributed by atoms with E-state index in [0.29, 0.717) is 13.1 Å². The number of carbonyl (C=O) groups is 1. The van der Waals surface area contributed by atoms with Crippen LogP contribution in [0.1, 0.15) is 34.6 Å². The van der Waals surface area contributed by atoms with Crippen molar-refractivity contribution >= 4 is 33.7 Å². The van der Waals surface area contributed by atoms with Crippen molar-refractivity contribution in [3.05, 3.63) is 60.8 Å². The Morgan fingerprint density at radius 3 is 2.19 bits per heavy atom. The second kappa shape index (κ2) is 10.2. The molecular formula is C25H33N3O3S. The van der Waals surface area contributed by atoms with Crippen molar-refractivity contribution in [1.29, 1.82) is 0 Å². The third-order valence-electron chi connectivity index (χ3n) is 5.07. The fourth-order valence-corrected chi connectivity index (χ4v) is 4.78. The number of hydrogen-bond acceptors (Lipinski definition) is 4. The van der Waals surface area contributed by atoms with E-state index in [4.69, 9.17) is 4.74 Å². The van der Waals surface area contributed by atoms with Crippen molar-refractivity contribution in [2.24, 2.45) is 0 Å².